The molecule has 3 N–H and O–H groups in total. The summed E-state index contributed by atoms with van der Waals surface area (Å²) in [6, 6.07) is 15.3. The minimum Gasteiger partial charge on any atom is -0.368 e. The first kappa shape index (κ1) is 16.4. The van der Waals surface area contributed by atoms with Crippen molar-refractivity contribution in [3.63, 3.8) is 0 Å². The standard InChI is InChI=1S/C16H13FN4OS2/c17-11-8-6-10(7-9-11)13(14(18)22)23-16-21-20-15(24-16)19-12-4-2-1-3-5-12/h1-9,13H,(H2,18,22)(H,19,20)/t13-/m0/s1. The molecule has 0 saturated carbocycles. The summed E-state index contributed by atoms with van der Waals surface area (Å²) in [5, 5.41) is 11.2. The zero-order valence-corrected chi connectivity index (χ0v) is 14.0. The minimum absolute atomic E-state index is 0.364. The zero-order chi connectivity index (χ0) is 16.9. The second-order valence-corrected chi connectivity index (χ2v) is 7.15. The Morgan fingerprint density at radius 2 is 1.83 bits per heavy atom. The molecule has 0 unspecified atom stereocenters. The fourth-order valence-corrected chi connectivity index (χ4v) is 3.90. The van der Waals surface area contributed by atoms with Gasteiger partial charge in [0.2, 0.25) is 11.0 Å². The molecule has 0 fully saturated rings. The van der Waals surface area contributed by atoms with Crippen LogP contribution in [-0.4, -0.2) is 16.1 Å². The average Bonchev–Trinajstić information content (AvgIpc) is 3.01. The third kappa shape index (κ3) is 4.09. The Morgan fingerprint density at radius 3 is 2.50 bits per heavy atom. The van der Waals surface area contributed by atoms with Gasteiger partial charge in [0.15, 0.2) is 4.34 Å². The maximum atomic E-state index is 13.0. The van der Waals surface area contributed by atoms with E-state index in [1.54, 1.807) is 12.1 Å². The van der Waals surface area contributed by atoms with Gasteiger partial charge < -0.3 is 11.1 Å². The molecule has 0 aliphatic rings. The number of nitrogens with zero attached hydrogens (tertiary/aromatic N) is 2. The van der Waals surface area contributed by atoms with Gasteiger partial charge in [-0.1, -0.05) is 53.4 Å². The number of benzene rings is 2. The Kier molecular flexibility index (Phi) is 5.07. The molecule has 1 atom stereocenters. The molecule has 1 heterocycles. The fraction of sp³-hybridized carbons (Fsp3) is 0.0625. The summed E-state index contributed by atoms with van der Waals surface area (Å²) in [5.41, 5.74) is 7.00. The topological polar surface area (TPSA) is 80.9 Å². The monoisotopic (exact) mass is 360 g/mol. The molecule has 3 rings (SSSR count). The van der Waals surface area contributed by atoms with Crippen LogP contribution in [0.4, 0.5) is 15.2 Å². The van der Waals surface area contributed by atoms with E-state index >= 15 is 0 Å². The molecule has 3 aromatic rings. The Balaban J connectivity index is 1.74. The molecular formula is C16H13FN4OS2. The Morgan fingerprint density at radius 1 is 1.12 bits per heavy atom. The average molecular weight is 360 g/mol. The van der Waals surface area contributed by atoms with Crippen molar-refractivity contribution in [2.24, 2.45) is 5.73 Å². The van der Waals surface area contributed by atoms with E-state index in [4.69, 9.17) is 5.73 Å². The highest BCUT2D eigenvalue weighted by atomic mass is 32.2. The van der Waals surface area contributed by atoms with Crippen LogP contribution in [0.15, 0.2) is 58.9 Å². The van der Waals surface area contributed by atoms with E-state index in [0.29, 0.717) is 15.0 Å². The predicted octanol–water partition coefficient (Wildman–Crippen LogP) is 3.74. The molecule has 0 aliphatic carbocycles. The van der Waals surface area contributed by atoms with Gasteiger partial charge in [-0.05, 0) is 29.8 Å². The molecule has 0 saturated heterocycles. The molecule has 0 aliphatic heterocycles. The molecule has 1 amide bonds. The lowest BCUT2D eigenvalue weighted by Gasteiger charge is -2.11. The summed E-state index contributed by atoms with van der Waals surface area (Å²) in [5.74, 6) is -0.878. The van der Waals surface area contributed by atoms with Crippen molar-refractivity contribution < 1.29 is 9.18 Å². The summed E-state index contributed by atoms with van der Waals surface area (Å²) in [6.07, 6.45) is 0. The number of nitrogens with one attached hydrogen (secondary N) is 1. The fourth-order valence-electron chi connectivity index (χ4n) is 1.98. The van der Waals surface area contributed by atoms with Crippen molar-refractivity contribution in [3.05, 3.63) is 66.0 Å². The quantitative estimate of drug-likeness (QED) is 0.655. The van der Waals surface area contributed by atoms with Gasteiger partial charge in [-0.15, -0.1) is 10.2 Å². The number of hydrogen-bond acceptors (Lipinski definition) is 6. The van der Waals surface area contributed by atoms with Crippen molar-refractivity contribution in [1.29, 1.82) is 0 Å². The van der Waals surface area contributed by atoms with E-state index in [-0.39, 0.29) is 5.82 Å². The number of amides is 1. The molecule has 24 heavy (non-hydrogen) atoms. The molecule has 0 radical (unpaired) electrons. The maximum absolute atomic E-state index is 13.0. The third-order valence-electron chi connectivity index (χ3n) is 3.08. The highest BCUT2D eigenvalue weighted by Crippen LogP contribution is 2.38. The van der Waals surface area contributed by atoms with Crippen molar-refractivity contribution in [2.75, 3.05) is 5.32 Å². The lowest BCUT2D eigenvalue weighted by molar-refractivity contribution is -0.117. The maximum Gasteiger partial charge on any atom is 0.235 e. The van der Waals surface area contributed by atoms with E-state index in [9.17, 15) is 9.18 Å². The van der Waals surface area contributed by atoms with Crippen LogP contribution in [0.2, 0.25) is 0 Å². The molecule has 1 aromatic heterocycles. The van der Waals surface area contributed by atoms with Crippen LogP contribution in [0.1, 0.15) is 10.8 Å². The van der Waals surface area contributed by atoms with E-state index in [2.05, 4.69) is 15.5 Å². The normalized spacial score (nSPS) is 11.9. The number of thioether (sulfide) groups is 1. The van der Waals surface area contributed by atoms with Crippen LogP contribution in [-0.2, 0) is 4.79 Å². The molecule has 8 heteroatoms. The first-order valence-electron chi connectivity index (χ1n) is 6.99. The lowest BCUT2D eigenvalue weighted by atomic mass is 10.1. The highest BCUT2D eigenvalue weighted by Gasteiger charge is 2.21. The molecule has 2 aromatic carbocycles. The van der Waals surface area contributed by atoms with Crippen molar-refractivity contribution >= 4 is 39.8 Å². The Hall–Kier alpha value is -2.45. The predicted molar refractivity (Wildman–Crippen MR) is 93.8 cm³/mol. The van der Waals surface area contributed by atoms with E-state index < -0.39 is 11.2 Å². The number of primary amides is 1. The van der Waals surface area contributed by atoms with Gasteiger partial charge in [0, 0.05) is 5.69 Å². The summed E-state index contributed by atoms with van der Waals surface area (Å²) in [6.45, 7) is 0. The number of aromatic nitrogens is 2. The van der Waals surface area contributed by atoms with Crippen LogP contribution in [0.25, 0.3) is 0 Å². The number of anilines is 2. The van der Waals surface area contributed by atoms with Crippen LogP contribution in [0, 0.1) is 5.82 Å². The first-order valence-corrected chi connectivity index (χ1v) is 8.68. The number of halogens is 1. The van der Waals surface area contributed by atoms with Gasteiger partial charge >= 0.3 is 0 Å². The number of carbonyl (C=O) groups is 1. The van der Waals surface area contributed by atoms with Gasteiger partial charge in [-0.3, -0.25) is 4.79 Å². The Bertz CT molecular complexity index is 824. The molecule has 5 nitrogen and oxygen atoms in total. The second kappa shape index (κ2) is 7.41. The molecule has 0 bridgehead atoms. The second-order valence-electron chi connectivity index (χ2n) is 4.82. The number of rotatable bonds is 6. The van der Waals surface area contributed by atoms with Crippen molar-refractivity contribution in [3.8, 4) is 0 Å². The third-order valence-corrected chi connectivity index (χ3v) is 5.28. The number of nitrogens with two attached hydrogens (primary N) is 1. The summed E-state index contributed by atoms with van der Waals surface area (Å²) in [4.78, 5) is 11.7. The SMILES string of the molecule is NC(=O)[C@@H](Sc1nnc(Nc2ccccc2)s1)c1ccc(F)cc1. The van der Waals surface area contributed by atoms with Crippen molar-refractivity contribution in [1.82, 2.24) is 10.2 Å². The zero-order valence-electron chi connectivity index (χ0n) is 12.3. The van der Waals surface area contributed by atoms with E-state index in [1.807, 2.05) is 30.3 Å². The van der Waals surface area contributed by atoms with Crippen LogP contribution >= 0.6 is 23.1 Å². The van der Waals surface area contributed by atoms with Gasteiger partial charge in [0.25, 0.3) is 0 Å². The summed E-state index contributed by atoms with van der Waals surface area (Å²) >= 11 is 2.51. The summed E-state index contributed by atoms with van der Waals surface area (Å²) in [7, 11) is 0. The minimum atomic E-state index is -0.650. The van der Waals surface area contributed by atoms with Crippen LogP contribution in [0.5, 0.6) is 0 Å². The van der Waals surface area contributed by atoms with Crippen molar-refractivity contribution in [2.45, 2.75) is 9.59 Å². The van der Waals surface area contributed by atoms with Gasteiger partial charge in [0.05, 0.1) is 0 Å². The van der Waals surface area contributed by atoms with E-state index in [0.717, 1.165) is 5.69 Å². The van der Waals surface area contributed by atoms with Gasteiger partial charge in [-0.2, -0.15) is 0 Å². The Labute approximate surface area is 146 Å². The largest absolute Gasteiger partial charge is 0.368 e. The van der Waals surface area contributed by atoms with Crippen LogP contribution in [0.3, 0.4) is 0 Å². The highest BCUT2D eigenvalue weighted by molar-refractivity contribution is 8.01. The van der Waals surface area contributed by atoms with Gasteiger partial charge in [0.1, 0.15) is 11.1 Å². The molecule has 122 valence electrons. The molecule has 0 spiro atoms. The number of hydrogen-bond donors (Lipinski definition) is 2. The molecular weight excluding hydrogens is 347 g/mol. The summed E-state index contributed by atoms with van der Waals surface area (Å²) < 4.78 is 13.6. The van der Waals surface area contributed by atoms with Gasteiger partial charge in [-0.25, -0.2) is 4.39 Å². The first-order chi connectivity index (χ1) is 11.6. The van der Waals surface area contributed by atoms with E-state index in [1.165, 1.54) is 35.2 Å². The smallest absolute Gasteiger partial charge is 0.235 e. The lowest BCUT2D eigenvalue weighted by Crippen LogP contribution is -2.18. The number of carbonyl (C=O) groups excluding carboxylic acids is 1. The van der Waals surface area contributed by atoms with Crippen LogP contribution < -0.4 is 11.1 Å². The number of para-hydroxylation sites is 1.